The Labute approximate surface area is 169 Å². The van der Waals surface area contributed by atoms with Crippen molar-refractivity contribution in [3.05, 3.63) is 82.7 Å². The number of nitrogens with one attached hydrogen (secondary N) is 1. The number of nitrogens with two attached hydrogens (primary N) is 1. The fraction of sp³-hybridized carbons (Fsp3) is 0.150. The minimum Gasteiger partial charge on any atom is -0.380 e. The Morgan fingerprint density at radius 1 is 1.13 bits per heavy atom. The molecule has 1 amide bonds. The second-order valence-corrected chi connectivity index (χ2v) is 6.29. The lowest BCUT2D eigenvalue weighted by atomic mass is 10.1. The van der Waals surface area contributed by atoms with Crippen molar-refractivity contribution in [2.75, 3.05) is 5.32 Å². The van der Waals surface area contributed by atoms with Gasteiger partial charge in [0, 0.05) is 54.7 Å². The van der Waals surface area contributed by atoms with Gasteiger partial charge in [-0.05, 0) is 24.3 Å². The summed E-state index contributed by atoms with van der Waals surface area (Å²) in [5, 5.41) is 11.8. The molecule has 0 radical (unpaired) electrons. The van der Waals surface area contributed by atoms with E-state index in [1.165, 1.54) is 18.5 Å². The summed E-state index contributed by atoms with van der Waals surface area (Å²) in [6, 6.07) is 7.58. The molecule has 10 heteroatoms. The van der Waals surface area contributed by atoms with Crippen LogP contribution < -0.4 is 11.1 Å². The number of halogens is 3. The molecule has 0 spiro atoms. The van der Waals surface area contributed by atoms with E-state index in [2.05, 4.69) is 20.3 Å². The maximum Gasteiger partial charge on any atom is 0.416 e. The second-order valence-electron chi connectivity index (χ2n) is 6.29. The maximum absolute atomic E-state index is 13.2. The Hall–Kier alpha value is -4.00. The first-order valence-corrected chi connectivity index (χ1v) is 8.65. The van der Waals surface area contributed by atoms with E-state index in [9.17, 15) is 18.0 Å². The molecule has 3 N–H and O–H groups in total. The molecule has 7 nitrogen and oxygen atoms in total. The number of hydrogen-bond donors (Lipinski definition) is 2. The van der Waals surface area contributed by atoms with Gasteiger partial charge in [0.15, 0.2) is 0 Å². The number of pyridine rings is 3. The fourth-order valence-corrected chi connectivity index (χ4v) is 2.80. The molecule has 0 aliphatic heterocycles. The van der Waals surface area contributed by atoms with Crippen molar-refractivity contribution in [2.24, 2.45) is 5.73 Å². The minimum atomic E-state index is -4.53. The molecule has 0 saturated heterocycles. The predicted molar refractivity (Wildman–Crippen MR) is 101 cm³/mol. The number of rotatable bonds is 6. The van der Waals surface area contributed by atoms with Crippen LogP contribution in [0, 0.1) is 11.3 Å². The molecule has 152 valence electrons. The van der Waals surface area contributed by atoms with Crippen LogP contribution in [0.3, 0.4) is 0 Å². The highest BCUT2D eigenvalue weighted by Crippen LogP contribution is 2.32. The fourth-order valence-electron chi connectivity index (χ4n) is 2.80. The van der Waals surface area contributed by atoms with Crippen molar-refractivity contribution in [3.8, 4) is 6.07 Å². The van der Waals surface area contributed by atoms with Crippen molar-refractivity contribution in [1.82, 2.24) is 15.0 Å². The monoisotopic (exact) mass is 412 g/mol. The standard InChI is InChI=1S/C20H15F3N6O/c21-20(22,23)17-2-3-26-9-13(17)10-29-18-7-15(28-11-16(18)19(25)30)6-14-5-12(8-24)1-4-27-14/h1-5,7,9,11H,6,10H2,(H2,25,30)(H,28,29). The molecule has 3 rings (SSSR count). The zero-order valence-corrected chi connectivity index (χ0v) is 15.4. The van der Waals surface area contributed by atoms with Crippen LogP contribution in [0.25, 0.3) is 0 Å². The second kappa shape index (κ2) is 8.57. The summed E-state index contributed by atoms with van der Waals surface area (Å²) in [5.41, 5.74) is 6.24. The maximum atomic E-state index is 13.2. The van der Waals surface area contributed by atoms with Gasteiger partial charge in [0.05, 0.1) is 28.4 Å². The van der Waals surface area contributed by atoms with Crippen molar-refractivity contribution < 1.29 is 18.0 Å². The first kappa shape index (κ1) is 20.7. The topological polar surface area (TPSA) is 118 Å². The average molecular weight is 412 g/mol. The number of hydrogen-bond acceptors (Lipinski definition) is 6. The molecule has 0 aliphatic carbocycles. The normalized spacial score (nSPS) is 11.0. The quantitative estimate of drug-likeness (QED) is 0.643. The van der Waals surface area contributed by atoms with Gasteiger partial charge in [0.25, 0.3) is 5.91 Å². The summed E-state index contributed by atoms with van der Waals surface area (Å²) in [5.74, 6) is -0.775. The molecule has 0 bridgehead atoms. The van der Waals surface area contributed by atoms with Crippen molar-refractivity contribution in [2.45, 2.75) is 19.1 Å². The van der Waals surface area contributed by atoms with Crippen molar-refractivity contribution >= 4 is 11.6 Å². The van der Waals surface area contributed by atoms with Crippen LogP contribution in [0.2, 0.25) is 0 Å². The smallest absolute Gasteiger partial charge is 0.380 e. The Morgan fingerprint density at radius 2 is 1.90 bits per heavy atom. The number of primary amides is 1. The highest BCUT2D eigenvalue weighted by atomic mass is 19.4. The molecule has 30 heavy (non-hydrogen) atoms. The van der Waals surface area contributed by atoms with Crippen molar-refractivity contribution in [1.29, 1.82) is 5.26 Å². The third-order valence-electron chi connectivity index (χ3n) is 4.21. The number of amides is 1. The van der Waals surface area contributed by atoms with E-state index in [1.54, 1.807) is 12.1 Å². The largest absolute Gasteiger partial charge is 0.416 e. The summed E-state index contributed by atoms with van der Waals surface area (Å²) in [6.07, 6.45) is 0.637. The number of anilines is 1. The van der Waals surface area contributed by atoms with Crippen LogP contribution in [0.1, 0.15) is 38.4 Å². The molecule has 3 heterocycles. The van der Waals surface area contributed by atoms with Gasteiger partial charge in [0.2, 0.25) is 0 Å². The third kappa shape index (κ3) is 4.88. The average Bonchev–Trinajstić information content (AvgIpc) is 2.72. The summed E-state index contributed by atoms with van der Waals surface area (Å²) < 4.78 is 39.5. The highest BCUT2D eigenvalue weighted by Gasteiger charge is 2.33. The summed E-state index contributed by atoms with van der Waals surface area (Å²) in [4.78, 5) is 23.8. The Morgan fingerprint density at radius 3 is 2.60 bits per heavy atom. The predicted octanol–water partition coefficient (Wildman–Crippen LogP) is 3.06. The van der Waals surface area contributed by atoms with E-state index in [-0.39, 0.29) is 29.8 Å². The van der Waals surface area contributed by atoms with Gasteiger partial charge in [-0.15, -0.1) is 0 Å². The van der Waals surface area contributed by atoms with Crippen LogP contribution in [0.5, 0.6) is 0 Å². The lowest BCUT2D eigenvalue weighted by molar-refractivity contribution is -0.138. The molecular weight excluding hydrogens is 397 g/mol. The van der Waals surface area contributed by atoms with Gasteiger partial charge >= 0.3 is 6.18 Å². The minimum absolute atomic E-state index is 0.0370. The molecule has 3 aromatic heterocycles. The third-order valence-corrected chi connectivity index (χ3v) is 4.21. The van der Waals surface area contributed by atoms with Crippen LogP contribution >= 0.6 is 0 Å². The SMILES string of the molecule is N#Cc1ccnc(Cc2cc(NCc3cnccc3C(F)(F)F)c(C(N)=O)cn2)c1. The van der Waals surface area contributed by atoms with Crippen LogP contribution in [-0.2, 0) is 19.1 Å². The lowest BCUT2D eigenvalue weighted by Crippen LogP contribution is -2.17. The zero-order chi connectivity index (χ0) is 21.7. The Bertz CT molecular complexity index is 1120. The number of aromatic nitrogens is 3. The number of carbonyl (C=O) groups excluding carboxylic acids is 1. The van der Waals surface area contributed by atoms with E-state index in [4.69, 9.17) is 11.0 Å². The Kier molecular flexibility index (Phi) is 5.92. The summed E-state index contributed by atoms with van der Waals surface area (Å²) in [6.45, 7) is -0.228. The van der Waals surface area contributed by atoms with Crippen LogP contribution in [0.4, 0.5) is 18.9 Å². The molecule has 0 atom stereocenters. The zero-order valence-electron chi connectivity index (χ0n) is 15.4. The van der Waals surface area contributed by atoms with E-state index >= 15 is 0 Å². The molecule has 0 aromatic carbocycles. The molecule has 0 fully saturated rings. The first-order chi connectivity index (χ1) is 14.3. The highest BCUT2D eigenvalue weighted by molar-refractivity contribution is 5.98. The van der Waals surface area contributed by atoms with Crippen LogP contribution in [0.15, 0.2) is 49.1 Å². The lowest BCUT2D eigenvalue weighted by Gasteiger charge is -2.15. The van der Waals surface area contributed by atoms with Gasteiger partial charge in [-0.2, -0.15) is 18.4 Å². The number of carbonyl (C=O) groups is 1. The van der Waals surface area contributed by atoms with Gasteiger partial charge in [-0.3, -0.25) is 19.7 Å². The van der Waals surface area contributed by atoms with Gasteiger partial charge in [-0.25, -0.2) is 0 Å². The van der Waals surface area contributed by atoms with Crippen molar-refractivity contribution in [3.63, 3.8) is 0 Å². The molecule has 0 aliphatic rings. The Balaban J connectivity index is 1.87. The summed E-state index contributed by atoms with van der Waals surface area (Å²) in [7, 11) is 0. The number of alkyl halides is 3. The van der Waals surface area contributed by atoms with Gasteiger partial charge < -0.3 is 11.1 Å². The molecule has 0 unspecified atom stereocenters. The number of nitriles is 1. The first-order valence-electron chi connectivity index (χ1n) is 8.65. The molecule has 0 saturated carbocycles. The van der Waals surface area contributed by atoms with E-state index in [0.717, 1.165) is 18.5 Å². The van der Waals surface area contributed by atoms with E-state index in [0.29, 0.717) is 17.0 Å². The number of nitrogens with zero attached hydrogens (tertiary/aromatic N) is 4. The van der Waals surface area contributed by atoms with E-state index in [1.807, 2.05) is 6.07 Å². The van der Waals surface area contributed by atoms with Crippen LogP contribution in [-0.4, -0.2) is 20.9 Å². The molecule has 3 aromatic rings. The molecular formula is C20H15F3N6O. The van der Waals surface area contributed by atoms with E-state index < -0.39 is 17.6 Å². The van der Waals surface area contributed by atoms with Gasteiger partial charge in [0.1, 0.15) is 0 Å². The van der Waals surface area contributed by atoms with Gasteiger partial charge in [-0.1, -0.05) is 0 Å². The summed E-state index contributed by atoms with van der Waals surface area (Å²) >= 11 is 0.